The molecule has 20 heavy (non-hydrogen) atoms. The first-order valence-electron chi connectivity index (χ1n) is 6.54. The van der Waals surface area contributed by atoms with Crippen molar-refractivity contribution in [2.24, 2.45) is 0 Å². The van der Waals surface area contributed by atoms with Gasteiger partial charge in [0.25, 0.3) is 0 Å². The molecular weight excluding hydrogens is 302 g/mol. The van der Waals surface area contributed by atoms with Crippen LogP contribution in [0.25, 0.3) is 33.1 Å². The summed E-state index contributed by atoms with van der Waals surface area (Å²) in [4.78, 5) is 4.62. The van der Waals surface area contributed by atoms with Gasteiger partial charge >= 0.3 is 127 Å². The van der Waals surface area contributed by atoms with Crippen molar-refractivity contribution in [3.05, 3.63) is 66.9 Å². The summed E-state index contributed by atoms with van der Waals surface area (Å²) in [7, 11) is 0. The average Bonchev–Trinajstić information content (AvgIpc) is 2.84. The third-order valence-corrected chi connectivity index (χ3v) is 4.83. The van der Waals surface area contributed by atoms with E-state index in [-0.39, 0.29) is 0 Å². The van der Waals surface area contributed by atoms with E-state index in [9.17, 15) is 0 Å². The van der Waals surface area contributed by atoms with E-state index < -0.39 is 0 Å². The fourth-order valence-electron chi connectivity index (χ4n) is 2.68. The Balaban J connectivity index is 2.09. The molecule has 0 amide bonds. The molecule has 3 heteroatoms. The van der Waals surface area contributed by atoms with Crippen LogP contribution < -0.4 is 0 Å². The zero-order valence-corrected chi connectivity index (χ0v) is 13.2. The molecule has 0 atom stereocenters. The van der Waals surface area contributed by atoms with Gasteiger partial charge in [0, 0.05) is 0 Å². The first kappa shape index (κ1) is 11.8. The van der Waals surface area contributed by atoms with Crippen LogP contribution in [0.1, 0.15) is 0 Å². The molecule has 0 fully saturated rings. The second-order valence-electron chi connectivity index (χ2n) is 4.84. The van der Waals surface area contributed by atoms with Gasteiger partial charge in [-0.2, -0.15) is 0 Å². The van der Waals surface area contributed by atoms with Gasteiger partial charge in [0.2, 0.25) is 0 Å². The number of pyridine rings is 1. The summed E-state index contributed by atoms with van der Waals surface area (Å²) in [6.45, 7) is 0. The van der Waals surface area contributed by atoms with Gasteiger partial charge in [-0.15, -0.1) is 0 Å². The molecule has 2 radical (unpaired) electrons. The van der Waals surface area contributed by atoms with Crippen LogP contribution in [0.5, 0.6) is 0 Å². The molecule has 2 aromatic carbocycles. The summed E-state index contributed by atoms with van der Waals surface area (Å²) >= 11 is 1.58. The van der Waals surface area contributed by atoms with Crippen LogP contribution in [0.3, 0.4) is 0 Å². The summed E-state index contributed by atoms with van der Waals surface area (Å²) < 4.78 is 2.27. The van der Waals surface area contributed by atoms with Gasteiger partial charge in [0.15, 0.2) is 0 Å². The molecule has 0 bridgehead atoms. The molecule has 0 N–H and O–H groups in total. The van der Waals surface area contributed by atoms with Crippen molar-refractivity contribution in [1.29, 1.82) is 0 Å². The fourth-order valence-corrected chi connectivity index (χ4v) is 3.59. The molecule has 92 valence electrons. The van der Waals surface area contributed by atoms with Crippen molar-refractivity contribution in [2.45, 2.75) is 0 Å². The van der Waals surface area contributed by atoms with Gasteiger partial charge in [-0.25, -0.2) is 0 Å². The van der Waals surface area contributed by atoms with Crippen molar-refractivity contribution in [3.63, 3.8) is 0 Å². The molecule has 0 saturated heterocycles. The minimum absolute atomic E-state index is 1.06. The number of para-hydroxylation sites is 1. The second kappa shape index (κ2) is 4.54. The van der Waals surface area contributed by atoms with E-state index in [1.807, 2.05) is 6.20 Å². The third kappa shape index (κ3) is 1.71. The van der Waals surface area contributed by atoms with Crippen molar-refractivity contribution in [3.8, 4) is 11.4 Å². The van der Waals surface area contributed by atoms with Crippen molar-refractivity contribution in [1.82, 2.24) is 8.26 Å². The summed E-state index contributed by atoms with van der Waals surface area (Å²) in [5, 5.41) is 3.70. The molecule has 4 aromatic rings. The number of rotatable bonds is 1. The maximum absolute atomic E-state index is 4.62. The van der Waals surface area contributed by atoms with E-state index >= 15 is 0 Å². The van der Waals surface area contributed by atoms with Gasteiger partial charge < -0.3 is 0 Å². The van der Waals surface area contributed by atoms with Crippen LogP contribution in [-0.4, -0.2) is 27.1 Å². The van der Waals surface area contributed by atoms with Gasteiger partial charge in [-0.05, 0) is 0 Å². The number of hydrogen-bond acceptors (Lipinski definition) is 1. The standard InChI is InChI=1S/C17H11N2.Ga/c1-3-7-14-12(5-1)9-10-18-17(14)16-11-13-6-2-4-8-15(13)19-16;/h1-11H;/q-1;+1. The minimum atomic E-state index is 1.06. The summed E-state index contributed by atoms with van der Waals surface area (Å²) in [6.07, 6.45) is 1.89. The van der Waals surface area contributed by atoms with Crippen LogP contribution in [0.4, 0.5) is 0 Å². The van der Waals surface area contributed by atoms with E-state index in [1.54, 1.807) is 18.8 Å². The molecular formula is C17H11GaN2. The zero-order valence-electron chi connectivity index (χ0n) is 10.8. The Kier molecular flexibility index (Phi) is 2.68. The molecule has 0 aliphatic carbocycles. The van der Waals surface area contributed by atoms with Crippen LogP contribution in [0, 0.1) is 0 Å². The average molecular weight is 313 g/mol. The fraction of sp³-hybridized carbons (Fsp3) is 0. The first-order valence-corrected chi connectivity index (χ1v) is 7.62. The molecule has 0 unspecified atom stereocenters. The molecule has 2 nitrogen and oxygen atoms in total. The molecule has 0 spiro atoms. The Morgan fingerprint density at radius 3 is 2.45 bits per heavy atom. The number of nitrogens with zero attached hydrogens (tertiary/aromatic N) is 2. The number of fused-ring (bicyclic) bond motifs is 2. The van der Waals surface area contributed by atoms with Crippen LogP contribution in [0.15, 0.2) is 66.9 Å². The third-order valence-electron chi connectivity index (χ3n) is 3.66. The number of benzene rings is 2. The van der Waals surface area contributed by atoms with Gasteiger partial charge in [0.05, 0.1) is 0 Å². The van der Waals surface area contributed by atoms with Crippen LogP contribution >= 0.6 is 0 Å². The number of hydrogen-bond donors (Lipinski definition) is 0. The molecule has 2 heterocycles. The quantitative estimate of drug-likeness (QED) is 0.489. The number of aromatic nitrogens is 2. The van der Waals surface area contributed by atoms with E-state index in [1.165, 1.54) is 27.4 Å². The van der Waals surface area contributed by atoms with E-state index in [4.69, 9.17) is 0 Å². The SMILES string of the molecule is [Ga][n]1c(-c2nccc3ccccc23)cc2ccccc21. The Morgan fingerprint density at radius 2 is 1.60 bits per heavy atom. The molecule has 0 saturated carbocycles. The molecule has 0 aliphatic rings. The van der Waals surface area contributed by atoms with E-state index in [0.717, 1.165) is 5.69 Å². The summed E-state index contributed by atoms with van der Waals surface area (Å²) in [5.74, 6) is 0. The first-order chi connectivity index (χ1) is 9.84. The van der Waals surface area contributed by atoms with Crippen molar-refractivity contribution >= 4 is 40.5 Å². The van der Waals surface area contributed by atoms with E-state index in [2.05, 4.69) is 68.9 Å². The molecule has 2 aromatic heterocycles. The Labute approximate surface area is 127 Å². The Hall–Kier alpha value is -1.97. The monoisotopic (exact) mass is 312 g/mol. The Bertz CT molecular complexity index is 919. The van der Waals surface area contributed by atoms with Crippen molar-refractivity contribution < 1.29 is 0 Å². The van der Waals surface area contributed by atoms with Gasteiger partial charge in [0.1, 0.15) is 0 Å². The van der Waals surface area contributed by atoms with Crippen LogP contribution in [-0.2, 0) is 0 Å². The molecule has 0 aliphatic heterocycles. The maximum atomic E-state index is 4.62. The second-order valence-corrected chi connectivity index (χ2v) is 5.92. The van der Waals surface area contributed by atoms with Crippen molar-refractivity contribution in [2.75, 3.05) is 0 Å². The molecule has 4 rings (SSSR count). The normalized spacial score (nSPS) is 11.2. The van der Waals surface area contributed by atoms with Gasteiger partial charge in [-0.3, -0.25) is 0 Å². The van der Waals surface area contributed by atoms with E-state index in [0.29, 0.717) is 0 Å². The summed E-state index contributed by atoms with van der Waals surface area (Å²) in [6, 6.07) is 21.2. The summed E-state index contributed by atoms with van der Waals surface area (Å²) in [5.41, 5.74) is 3.50. The van der Waals surface area contributed by atoms with Crippen LogP contribution in [0.2, 0.25) is 0 Å². The Morgan fingerprint density at radius 1 is 0.850 bits per heavy atom. The van der Waals surface area contributed by atoms with Gasteiger partial charge in [-0.1, -0.05) is 0 Å². The predicted molar refractivity (Wildman–Crippen MR) is 83.8 cm³/mol. The zero-order chi connectivity index (χ0) is 13.5. The predicted octanol–water partition coefficient (Wildman–Crippen LogP) is 3.79. The topological polar surface area (TPSA) is 17.8 Å².